The quantitative estimate of drug-likeness (QED) is 0.512. The molecule has 8 heteroatoms. The summed E-state index contributed by atoms with van der Waals surface area (Å²) in [6.45, 7) is 9.31. The number of anilines is 1. The van der Waals surface area contributed by atoms with Crippen LogP contribution >= 0.6 is 11.8 Å². The third-order valence-corrected chi connectivity index (χ3v) is 6.16. The van der Waals surface area contributed by atoms with Gasteiger partial charge in [0.2, 0.25) is 5.91 Å². The lowest BCUT2D eigenvalue weighted by Gasteiger charge is -2.19. The third-order valence-electron chi connectivity index (χ3n) is 5.20. The zero-order valence-electron chi connectivity index (χ0n) is 20.0. The Bertz CT molecular complexity index is 1110. The molecule has 0 unspecified atom stereocenters. The third kappa shape index (κ3) is 6.01. The van der Waals surface area contributed by atoms with E-state index in [9.17, 15) is 9.59 Å². The van der Waals surface area contributed by atoms with Gasteiger partial charge in [0, 0.05) is 37.5 Å². The van der Waals surface area contributed by atoms with Crippen molar-refractivity contribution in [2.45, 2.75) is 44.8 Å². The van der Waals surface area contributed by atoms with E-state index in [0.717, 1.165) is 11.4 Å². The number of carbonyl (C=O) groups excluding carboxylic acids is 2. The molecule has 1 heterocycles. The number of thioether (sulfide) groups is 1. The molecule has 3 aromatic rings. The lowest BCUT2D eigenvalue weighted by molar-refractivity contribution is -0.113. The molecule has 1 aromatic heterocycles. The molecular formula is C25H31N5O2S. The second-order valence-corrected chi connectivity index (χ2v) is 9.93. The summed E-state index contributed by atoms with van der Waals surface area (Å²) in [5.74, 6) is 0.779. The summed E-state index contributed by atoms with van der Waals surface area (Å²) in [7, 11) is 3.41. The van der Waals surface area contributed by atoms with Crippen LogP contribution in [0, 0.1) is 0 Å². The zero-order valence-corrected chi connectivity index (χ0v) is 20.9. The first-order valence-corrected chi connectivity index (χ1v) is 11.9. The number of nitrogens with one attached hydrogen (secondary N) is 1. The van der Waals surface area contributed by atoms with Crippen LogP contribution < -0.4 is 5.32 Å². The Hall–Kier alpha value is -3.13. The van der Waals surface area contributed by atoms with Crippen LogP contribution in [0.15, 0.2) is 53.7 Å². The van der Waals surface area contributed by atoms with Crippen LogP contribution in [-0.2, 0) is 16.8 Å². The normalized spacial score (nSPS) is 11.3. The summed E-state index contributed by atoms with van der Waals surface area (Å²) < 4.78 is 2.02. The summed E-state index contributed by atoms with van der Waals surface area (Å²) in [6, 6.07) is 15.3. The molecule has 33 heavy (non-hydrogen) atoms. The molecule has 0 aliphatic heterocycles. The first-order valence-electron chi connectivity index (χ1n) is 10.9. The van der Waals surface area contributed by atoms with Crippen molar-refractivity contribution < 1.29 is 9.59 Å². The van der Waals surface area contributed by atoms with Crippen molar-refractivity contribution in [2.75, 3.05) is 25.2 Å². The predicted octanol–water partition coefficient (Wildman–Crippen LogP) is 4.70. The van der Waals surface area contributed by atoms with E-state index in [1.54, 1.807) is 38.4 Å². The van der Waals surface area contributed by atoms with Gasteiger partial charge in [-0.25, -0.2) is 0 Å². The molecule has 0 fully saturated rings. The molecule has 0 atom stereocenters. The molecule has 0 aliphatic rings. The highest BCUT2D eigenvalue weighted by molar-refractivity contribution is 7.99. The summed E-state index contributed by atoms with van der Waals surface area (Å²) in [4.78, 5) is 26.0. The average molecular weight is 466 g/mol. The van der Waals surface area contributed by atoms with Crippen molar-refractivity contribution in [3.05, 3.63) is 59.7 Å². The van der Waals surface area contributed by atoms with Crippen molar-refractivity contribution in [2.24, 2.45) is 0 Å². The first-order chi connectivity index (χ1) is 15.6. The number of amides is 2. The number of nitrogens with zero attached hydrogens (tertiary/aromatic N) is 4. The lowest BCUT2D eigenvalue weighted by Crippen LogP contribution is -2.21. The van der Waals surface area contributed by atoms with E-state index in [4.69, 9.17) is 0 Å². The maximum Gasteiger partial charge on any atom is 0.253 e. The lowest BCUT2D eigenvalue weighted by atomic mass is 9.87. The number of benzene rings is 2. The summed E-state index contributed by atoms with van der Waals surface area (Å²) in [5, 5.41) is 12.3. The Morgan fingerprint density at radius 2 is 1.64 bits per heavy atom. The van der Waals surface area contributed by atoms with Crippen molar-refractivity contribution >= 4 is 29.3 Å². The summed E-state index contributed by atoms with van der Waals surface area (Å²) in [5.41, 5.74) is 3.58. The van der Waals surface area contributed by atoms with Crippen LogP contribution in [0.3, 0.4) is 0 Å². The number of hydrogen-bond acceptors (Lipinski definition) is 5. The molecular weight excluding hydrogens is 434 g/mol. The van der Waals surface area contributed by atoms with E-state index in [1.165, 1.54) is 22.2 Å². The highest BCUT2D eigenvalue weighted by Gasteiger charge is 2.17. The maximum atomic E-state index is 12.5. The van der Waals surface area contributed by atoms with Gasteiger partial charge in [0.05, 0.1) is 5.75 Å². The molecule has 0 aliphatic carbocycles. The Morgan fingerprint density at radius 1 is 1.00 bits per heavy atom. The van der Waals surface area contributed by atoms with Crippen molar-refractivity contribution in [1.82, 2.24) is 19.7 Å². The van der Waals surface area contributed by atoms with E-state index in [-0.39, 0.29) is 23.0 Å². The Morgan fingerprint density at radius 3 is 2.18 bits per heavy atom. The van der Waals surface area contributed by atoms with Gasteiger partial charge in [-0.3, -0.25) is 9.59 Å². The predicted molar refractivity (Wildman–Crippen MR) is 134 cm³/mol. The van der Waals surface area contributed by atoms with Gasteiger partial charge in [0.15, 0.2) is 11.0 Å². The first kappa shape index (κ1) is 24.5. The van der Waals surface area contributed by atoms with Crippen molar-refractivity contribution in [1.29, 1.82) is 0 Å². The number of rotatable bonds is 7. The minimum atomic E-state index is -0.145. The molecule has 0 saturated carbocycles. The standard InChI is InChI=1S/C25H31N5O2S/c1-7-30-22(17-8-12-19(13-9-17)25(2,3)4)27-28-24(30)33-16-21(31)26-20-14-10-18(11-15-20)23(32)29(5)6/h8-15H,7,16H2,1-6H3,(H,26,31). The molecule has 0 bridgehead atoms. The smallest absolute Gasteiger partial charge is 0.253 e. The monoisotopic (exact) mass is 465 g/mol. The van der Waals surface area contributed by atoms with Crippen LogP contribution in [-0.4, -0.2) is 51.3 Å². The van der Waals surface area contributed by atoms with Gasteiger partial charge in [-0.05, 0) is 42.2 Å². The van der Waals surface area contributed by atoms with Crippen LogP contribution in [0.1, 0.15) is 43.6 Å². The van der Waals surface area contributed by atoms with Gasteiger partial charge in [-0.15, -0.1) is 10.2 Å². The fourth-order valence-electron chi connectivity index (χ4n) is 3.29. The maximum absolute atomic E-state index is 12.5. The molecule has 1 N–H and O–H groups in total. The zero-order chi connectivity index (χ0) is 24.2. The SMILES string of the molecule is CCn1c(SCC(=O)Nc2ccc(C(=O)N(C)C)cc2)nnc1-c1ccc(C(C)(C)C)cc1. The molecule has 2 aromatic carbocycles. The minimum Gasteiger partial charge on any atom is -0.345 e. The molecule has 0 saturated heterocycles. The van der Waals surface area contributed by atoms with E-state index in [0.29, 0.717) is 23.0 Å². The van der Waals surface area contributed by atoms with Gasteiger partial charge in [-0.1, -0.05) is 56.8 Å². The molecule has 0 spiro atoms. The van der Waals surface area contributed by atoms with Gasteiger partial charge in [0.1, 0.15) is 0 Å². The van der Waals surface area contributed by atoms with E-state index in [2.05, 4.69) is 60.6 Å². The van der Waals surface area contributed by atoms with Gasteiger partial charge in [-0.2, -0.15) is 0 Å². The molecule has 7 nitrogen and oxygen atoms in total. The van der Waals surface area contributed by atoms with E-state index >= 15 is 0 Å². The largest absolute Gasteiger partial charge is 0.345 e. The molecule has 3 rings (SSSR count). The second kappa shape index (κ2) is 10.2. The average Bonchev–Trinajstić information content (AvgIpc) is 3.20. The number of hydrogen-bond donors (Lipinski definition) is 1. The Kier molecular flexibility index (Phi) is 7.58. The second-order valence-electron chi connectivity index (χ2n) is 8.99. The number of carbonyl (C=O) groups is 2. The van der Waals surface area contributed by atoms with Crippen LogP contribution in [0.4, 0.5) is 5.69 Å². The van der Waals surface area contributed by atoms with Crippen molar-refractivity contribution in [3.63, 3.8) is 0 Å². The van der Waals surface area contributed by atoms with Gasteiger partial charge < -0.3 is 14.8 Å². The summed E-state index contributed by atoms with van der Waals surface area (Å²) in [6.07, 6.45) is 0. The molecule has 0 radical (unpaired) electrons. The fraction of sp³-hybridized carbons (Fsp3) is 0.360. The van der Waals surface area contributed by atoms with Crippen LogP contribution in [0.25, 0.3) is 11.4 Å². The van der Waals surface area contributed by atoms with Crippen molar-refractivity contribution in [3.8, 4) is 11.4 Å². The topological polar surface area (TPSA) is 80.1 Å². The minimum absolute atomic E-state index is 0.0776. The fourth-order valence-corrected chi connectivity index (χ4v) is 4.10. The Labute approximate surface area is 199 Å². The van der Waals surface area contributed by atoms with Gasteiger partial charge >= 0.3 is 0 Å². The summed E-state index contributed by atoms with van der Waals surface area (Å²) >= 11 is 1.35. The Balaban J connectivity index is 1.64. The number of aromatic nitrogens is 3. The van der Waals surface area contributed by atoms with Crippen LogP contribution in [0.2, 0.25) is 0 Å². The highest BCUT2D eigenvalue weighted by Crippen LogP contribution is 2.27. The van der Waals surface area contributed by atoms with E-state index < -0.39 is 0 Å². The molecule has 2 amide bonds. The van der Waals surface area contributed by atoms with E-state index in [1.807, 2.05) is 11.5 Å². The molecule has 174 valence electrons. The highest BCUT2D eigenvalue weighted by atomic mass is 32.2. The van der Waals surface area contributed by atoms with Gasteiger partial charge in [0.25, 0.3) is 5.91 Å². The van der Waals surface area contributed by atoms with Crippen LogP contribution in [0.5, 0.6) is 0 Å².